The molecule has 3 aromatic rings. The number of fused-ring (bicyclic) bond motifs is 1. The van der Waals surface area contributed by atoms with Crippen LogP contribution in [-0.2, 0) is 4.74 Å². The Kier molecular flexibility index (Phi) is 4.97. The Balaban J connectivity index is 1.27. The van der Waals surface area contributed by atoms with Gasteiger partial charge in [-0.05, 0) is 51.7 Å². The van der Waals surface area contributed by atoms with Gasteiger partial charge in [0.25, 0.3) is 0 Å². The highest BCUT2D eigenvalue weighted by Crippen LogP contribution is 2.40. The lowest BCUT2D eigenvalue weighted by Crippen LogP contribution is -2.47. The second kappa shape index (κ2) is 7.99. The molecular weight excluding hydrogens is 404 g/mol. The number of hydrogen-bond acceptors (Lipinski definition) is 8. The van der Waals surface area contributed by atoms with Gasteiger partial charge in [0.1, 0.15) is 0 Å². The second-order valence-electron chi connectivity index (χ2n) is 9.55. The van der Waals surface area contributed by atoms with E-state index >= 15 is 0 Å². The smallest absolute Gasteiger partial charge is 0.229 e. The number of piperidine rings is 1. The molecule has 3 aliphatic rings. The highest BCUT2D eigenvalue weighted by Gasteiger charge is 2.33. The van der Waals surface area contributed by atoms with E-state index in [4.69, 9.17) is 24.2 Å². The highest BCUT2D eigenvalue weighted by atomic mass is 16.5. The van der Waals surface area contributed by atoms with Gasteiger partial charge in [0.2, 0.25) is 5.89 Å². The predicted octanol–water partition coefficient (Wildman–Crippen LogP) is 3.89. The number of anilines is 2. The Labute approximate surface area is 188 Å². The third-order valence-corrected chi connectivity index (χ3v) is 6.80. The van der Waals surface area contributed by atoms with E-state index in [0.29, 0.717) is 11.8 Å². The van der Waals surface area contributed by atoms with Crippen LogP contribution in [0.5, 0.6) is 0 Å². The molecule has 168 valence electrons. The number of nitrogens with zero attached hydrogens (tertiary/aromatic N) is 6. The van der Waals surface area contributed by atoms with Crippen molar-refractivity contribution in [2.45, 2.75) is 63.6 Å². The standard InChI is InChI=1S/C24H30N6O2/c1-15-13-30(14-16(2)31-15)23-22(25-19-5-3-4-6-20(19)26-23)29-11-9-17(10-12-29)21-27-24(32-28-21)18-7-8-18/h3-6,15-18H,7-14H2,1-2H3. The summed E-state index contributed by atoms with van der Waals surface area (Å²) < 4.78 is 11.5. The number of aromatic nitrogens is 4. The summed E-state index contributed by atoms with van der Waals surface area (Å²) in [7, 11) is 0. The summed E-state index contributed by atoms with van der Waals surface area (Å²) >= 11 is 0. The quantitative estimate of drug-likeness (QED) is 0.612. The Bertz CT molecular complexity index is 1090. The lowest BCUT2D eigenvalue weighted by atomic mass is 9.96. The van der Waals surface area contributed by atoms with Crippen LogP contribution in [0.25, 0.3) is 11.0 Å². The van der Waals surface area contributed by atoms with E-state index in [1.807, 2.05) is 24.3 Å². The normalized spacial score (nSPS) is 24.9. The van der Waals surface area contributed by atoms with Crippen LogP contribution >= 0.6 is 0 Å². The molecule has 3 fully saturated rings. The molecule has 4 heterocycles. The largest absolute Gasteiger partial charge is 0.372 e. The molecule has 8 heteroatoms. The SMILES string of the molecule is CC1CN(c2nc3ccccc3nc2N2CCC(c3noc(C4CC4)n3)CC2)CC(C)O1. The number of hydrogen-bond donors (Lipinski definition) is 0. The molecule has 1 aromatic carbocycles. The first kappa shape index (κ1) is 19.9. The lowest BCUT2D eigenvalue weighted by molar-refractivity contribution is -0.00543. The zero-order chi connectivity index (χ0) is 21.7. The molecule has 0 amide bonds. The maximum absolute atomic E-state index is 5.97. The van der Waals surface area contributed by atoms with E-state index in [1.165, 1.54) is 12.8 Å². The first-order valence-corrected chi connectivity index (χ1v) is 11.9. The van der Waals surface area contributed by atoms with Crippen LogP contribution in [0.4, 0.5) is 11.6 Å². The van der Waals surface area contributed by atoms with Gasteiger partial charge in [0, 0.05) is 38.0 Å². The van der Waals surface area contributed by atoms with Crippen LogP contribution in [0.3, 0.4) is 0 Å². The van der Waals surface area contributed by atoms with Crippen molar-refractivity contribution in [2.75, 3.05) is 36.0 Å². The number of para-hydroxylation sites is 2. The van der Waals surface area contributed by atoms with Crippen LogP contribution in [0, 0.1) is 0 Å². The van der Waals surface area contributed by atoms with Gasteiger partial charge in [-0.2, -0.15) is 4.98 Å². The molecule has 32 heavy (non-hydrogen) atoms. The molecular formula is C24H30N6O2. The molecule has 2 aliphatic heterocycles. The maximum atomic E-state index is 5.97. The van der Waals surface area contributed by atoms with Crippen molar-refractivity contribution in [1.82, 2.24) is 20.1 Å². The Morgan fingerprint density at radius 2 is 1.41 bits per heavy atom. The van der Waals surface area contributed by atoms with Crippen molar-refractivity contribution in [3.05, 3.63) is 36.0 Å². The second-order valence-corrected chi connectivity index (χ2v) is 9.55. The molecule has 8 nitrogen and oxygen atoms in total. The summed E-state index contributed by atoms with van der Waals surface area (Å²) in [4.78, 5) is 19.6. The zero-order valence-corrected chi connectivity index (χ0v) is 18.8. The van der Waals surface area contributed by atoms with Gasteiger partial charge >= 0.3 is 0 Å². The van der Waals surface area contributed by atoms with Gasteiger partial charge in [-0.3, -0.25) is 0 Å². The molecule has 0 bridgehead atoms. The van der Waals surface area contributed by atoms with E-state index in [0.717, 1.165) is 73.4 Å². The van der Waals surface area contributed by atoms with Gasteiger partial charge < -0.3 is 19.1 Å². The van der Waals surface area contributed by atoms with Crippen LogP contribution in [-0.4, -0.2) is 58.5 Å². The Morgan fingerprint density at radius 1 is 0.781 bits per heavy atom. The van der Waals surface area contributed by atoms with Crippen molar-refractivity contribution in [1.29, 1.82) is 0 Å². The number of rotatable bonds is 4. The minimum Gasteiger partial charge on any atom is -0.372 e. The number of ether oxygens (including phenoxy) is 1. The van der Waals surface area contributed by atoms with Crippen molar-refractivity contribution < 1.29 is 9.26 Å². The minimum absolute atomic E-state index is 0.171. The maximum Gasteiger partial charge on any atom is 0.229 e. The fraction of sp³-hybridized carbons (Fsp3) is 0.583. The van der Waals surface area contributed by atoms with Gasteiger partial charge in [-0.25, -0.2) is 9.97 Å². The van der Waals surface area contributed by atoms with Crippen LogP contribution in [0.2, 0.25) is 0 Å². The molecule has 2 saturated heterocycles. The predicted molar refractivity (Wildman–Crippen MR) is 122 cm³/mol. The van der Waals surface area contributed by atoms with Gasteiger partial charge in [0.05, 0.1) is 23.2 Å². The third kappa shape index (κ3) is 3.81. The first-order valence-electron chi connectivity index (χ1n) is 11.9. The molecule has 2 atom stereocenters. The third-order valence-electron chi connectivity index (χ3n) is 6.80. The lowest BCUT2D eigenvalue weighted by Gasteiger charge is -2.39. The molecule has 2 aromatic heterocycles. The van der Waals surface area contributed by atoms with Crippen LogP contribution < -0.4 is 9.80 Å². The molecule has 6 rings (SSSR count). The zero-order valence-electron chi connectivity index (χ0n) is 18.8. The van der Waals surface area contributed by atoms with E-state index in [9.17, 15) is 0 Å². The summed E-state index contributed by atoms with van der Waals surface area (Å²) in [6.45, 7) is 7.73. The molecule has 2 unspecified atom stereocenters. The monoisotopic (exact) mass is 434 g/mol. The summed E-state index contributed by atoms with van der Waals surface area (Å²) in [6.07, 6.45) is 4.69. The fourth-order valence-corrected chi connectivity index (χ4v) is 5.02. The van der Waals surface area contributed by atoms with E-state index in [1.54, 1.807) is 0 Å². The summed E-state index contributed by atoms with van der Waals surface area (Å²) in [5.74, 6) is 4.52. The molecule has 0 radical (unpaired) electrons. The van der Waals surface area contributed by atoms with E-state index < -0.39 is 0 Å². The van der Waals surface area contributed by atoms with Crippen LogP contribution in [0.1, 0.15) is 63.1 Å². The van der Waals surface area contributed by atoms with Crippen molar-refractivity contribution >= 4 is 22.7 Å². The Morgan fingerprint density at radius 3 is 2.03 bits per heavy atom. The molecule has 1 aliphatic carbocycles. The number of morpholine rings is 1. The van der Waals surface area contributed by atoms with Gasteiger partial charge in [-0.1, -0.05) is 17.3 Å². The average molecular weight is 435 g/mol. The van der Waals surface area contributed by atoms with Crippen molar-refractivity contribution in [2.24, 2.45) is 0 Å². The molecule has 1 saturated carbocycles. The number of benzene rings is 1. The van der Waals surface area contributed by atoms with Crippen LogP contribution in [0.15, 0.2) is 28.8 Å². The van der Waals surface area contributed by atoms with E-state index in [-0.39, 0.29) is 12.2 Å². The highest BCUT2D eigenvalue weighted by molar-refractivity contribution is 5.81. The topological polar surface area (TPSA) is 80.4 Å². The molecule has 0 spiro atoms. The van der Waals surface area contributed by atoms with Gasteiger partial charge in [0.15, 0.2) is 17.5 Å². The van der Waals surface area contributed by atoms with Crippen molar-refractivity contribution in [3.63, 3.8) is 0 Å². The van der Waals surface area contributed by atoms with Crippen molar-refractivity contribution in [3.8, 4) is 0 Å². The average Bonchev–Trinajstić information content (AvgIpc) is 3.54. The van der Waals surface area contributed by atoms with Gasteiger partial charge in [-0.15, -0.1) is 0 Å². The summed E-state index contributed by atoms with van der Waals surface area (Å²) in [5, 5.41) is 4.29. The summed E-state index contributed by atoms with van der Waals surface area (Å²) in [6, 6.07) is 8.14. The van der Waals surface area contributed by atoms with E-state index in [2.05, 4.69) is 28.8 Å². The minimum atomic E-state index is 0.171. The Hall–Kier alpha value is -2.74. The fourth-order valence-electron chi connectivity index (χ4n) is 5.02. The molecule has 0 N–H and O–H groups in total. The first-order chi connectivity index (χ1) is 15.6. The summed E-state index contributed by atoms with van der Waals surface area (Å²) in [5.41, 5.74) is 1.88.